The monoisotopic (exact) mass is 982 g/mol. The SMILES string of the molecule is CCOC(=O)C1CCN(Cc2ccc(-c3nc4c(cnc5cc(C)nn54)cc3-c3ccccc3)cc2)CC1.Cc1cc2ncc3cc(-c4ccccc4)c(-c4ccc(CN5CCC(C(=O)O)CC5)cc4)nc3n2n1. The third kappa shape index (κ3) is 10.2. The van der Waals surface area contributed by atoms with Crippen LogP contribution in [0.15, 0.2) is 146 Å². The van der Waals surface area contributed by atoms with Gasteiger partial charge in [0.05, 0.1) is 41.2 Å². The first-order valence-electron chi connectivity index (χ1n) is 25.6. The number of likely N-dealkylation sites (tertiary alicyclic amines) is 2. The van der Waals surface area contributed by atoms with Gasteiger partial charge in [0.2, 0.25) is 0 Å². The number of hydrogen-bond acceptors (Lipinski definition) is 11. The van der Waals surface area contributed by atoms with Crippen molar-refractivity contribution in [3.63, 3.8) is 0 Å². The molecule has 0 spiro atoms. The van der Waals surface area contributed by atoms with Crippen LogP contribution in [0.4, 0.5) is 0 Å². The molecular formula is C60H58N10O4. The summed E-state index contributed by atoms with van der Waals surface area (Å²) in [4.78, 5) is 47.5. The third-order valence-electron chi connectivity index (χ3n) is 14.3. The summed E-state index contributed by atoms with van der Waals surface area (Å²) >= 11 is 0. The van der Waals surface area contributed by atoms with Gasteiger partial charge in [-0.15, -0.1) is 0 Å². The first kappa shape index (κ1) is 48.1. The largest absolute Gasteiger partial charge is 0.481 e. The molecule has 2 saturated heterocycles. The Balaban J connectivity index is 0.000000159. The van der Waals surface area contributed by atoms with Gasteiger partial charge in [-0.25, -0.2) is 19.9 Å². The van der Waals surface area contributed by atoms with Crippen LogP contribution in [-0.4, -0.2) is 98.8 Å². The van der Waals surface area contributed by atoms with Crippen LogP contribution in [0.5, 0.6) is 0 Å². The molecule has 74 heavy (non-hydrogen) atoms. The zero-order valence-corrected chi connectivity index (χ0v) is 41.9. The van der Waals surface area contributed by atoms with Crippen molar-refractivity contribution in [1.82, 2.24) is 49.0 Å². The average molecular weight is 983 g/mol. The number of aromatic nitrogens is 8. The topological polar surface area (TPSA) is 156 Å². The molecule has 12 rings (SSSR count). The smallest absolute Gasteiger partial charge is 0.309 e. The second-order valence-electron chi connectivity index (χ2n) is 19.5. The number of piperidine rings is 2. The molecular weight excluding hydrogens is 925 g/mol. The van der Waals surface area contributed by atoms with E-state index in [0.717, 1.165) is 142 Å². The molecule has 0 amide bonds. The highest BCUT2D eigenvalue weighted by Gasteiger charge is 2.27. The van der Waals surface area contributed by atoms with Gasteiger partial charge < -0.3 is 9.84 Å². The molecule has 2 fully saturated rings. The average Bonchev–Trinajstić information content (AvgIpc) is 4.03. The van der Waals surface area contributed by atoms with Crippen molar-refractivity contribution in [2.24, 2.45) is 11.8 Å². The molecule has 8 heterocycles. The van der Waals surface area contributed by atoms with Crippen LogP contribution in [0.1, 0.15) is 55.1 Å². The van der Waals surface area contributed by atoms with Crippen molar-refractivity contribution in [3.8, 4) is 44.8 Å². The van der Waals surface area contributed by atoms with Crippen molar-refractivity contribution < 1.29 is 19.4 Å². The van der Waals surface area contributed by atoms with E-state index in [9.17, 15) is 14.7 Å². The Hall–Kier alpha value is -8.20. The Morgan fingerprint density at radius 2 is 0.973 bits per heavy atom. The number of pyridine rings is 2. The van der Waals surface area contributed by atoms with Crippen LogP contribution >= 0.6 is 0 Å². The Morgan fingerprint density at radius 3 is 1.38 bits per heavy atom. The molecule has 0 bridgehead atoms. The number of carbonyl (C=O) groups is 2. The van der Waals surface area contributed by atoms with Gasteiger partial charge in [-0.3, -0.25) is 19.4 Å². The maximum absolute atomic E-state index is 12.1. The minimum absolute atomic E-state index is 0.0317. The summed E-state index contributed by atoms with van der Waals surface area (Å²) in [5, 5.41) is 20.4. The fourth-order valence-electron chi connectivity index (χ4n) is 10.4. The summed E-state index contributed by atoms with van der Waals surface area (Å²) in [6.07, 6.45) is 6.88. The number of nitrogens with zero attached hydrogens (tertiary/aromatic N) is 10. The molecule has 14 heteroatoms. The maximum atomic E-state index is 12.1. The molecule has 0 saturated carbocycles. The Bertz CT molecular complexity index is 3620. The van der Waals surface area contributed by atoms with E-state index in [1.54, 1.807) is 0 Å². The number of aryl methyl sites for hydroxylation is 2. The van der Waals surface area contributed by atoms with Crippen molar-refractivity contribution in [2.75, 3.05) is 32.8 Å². The molecule has 0 radical (unpaired) electrons. The molecule has 10 aromatic rings. The highest BCUT2D eigenvalue weighted by molar-refractivity contribution is 5.92. The number of hydrogen-bond donors (Lipinski definition) is 1. The summed E-state index contributed by atoms with van der Waals surface area (Å²) < 4.78 is 8.86. The summed E-state index contributed by atoms with van der Waals surface area (Å²) in [5.74, 6) is -0.898. The zero-order chi connectivity index (χ0) is 50.7. The van der Waals surface area contributed by atoms with E-state index >= 15 is 0 Å². The summed E-state index contributed by atoms with van der Waals surface area (Å²) in [7, 11) is 0. The lowest BCUT2D eigenvalue weighted by Crippen LogP contribution is -2.36. The van der Waals surface area contributed by atoms with Gasteiger partial charge in [-0.2, -0.15) is 19.2 Å². The van der Waals surface area contributed by atoms with E-state index < -0.39 is 5.97 Å². The Morgan fingerprint density at radius 1 is 0.554 bits per heavy atom. The summed E-state index contributed by atoms with van der Waals surface area (Å²) in [6.45, 7) is 11.4. The second-order valence-corrected chi connectivity index (χ2v) is 19.5. The Kier molecular flexibility index (Phi) is 13.7. The number of ether oxygens (including phenoxy) is 1. The second kappa shape index (κ2) is 21.1. The van der Waals surface area contributed by atoms with Gasteiger partial charge in [0.1, 0.15) is 0 Å². The van der Waals surface area contributed by atoms with Gasteiger partial charge >= 0.3 is 11.9 Å². The van der Waals surface area contributed by atoms with Crippen LogP contribution in [0.3, 0.4) is 0 Å². The van der Waals surface area contributed by atoms with Gasteiger partial charge in [0.15, 0.2) is 22.6 Å². The first-order chi connectivity index (χ1) is 36.1. The van der Waals surface area contributed by atoms with Gasteiger partial charge in [0.25, 0.3) is 0 Å². The fourth-order valence-corrected chi connectivity index (χ4v) is 10.4. The van der Waals surface area contributed by atoms with E-state index in [2.05, 4.69) is 127 Å². The van der Waals surface area contributed by atoms with Crippen LogP contribution in [0, 0.1) is 25.7 Å². The van der Waals surface area contributed by atoms with Crippen LogP contribution in [-0.2, 0) is 27.4 Å². The first-order valence-corrected chi connectivity index (χ1v) is 25.6. The van der Waals surface area contributed by atoms with Gasteiger partial charge in [-0.05, 0) is 107 Å². The van der Waals surface area contributed by atoms with E-state index in [-0.39, 0.29) is 17.8 Å². The molecule has 2 aliphatic heterocycles. The number of carbonyl (C=O) groups excluding carboxylic acids is 1. The molecule has 0 atom stereocenters. The van der Waals surface area contributed by atoms with Crippen LogP contribution in [0.25, 0.3) is 78.1 Å². The summed E-state index contributed by atoms with van der Waals surface area (Å²) in [6, 6.07) is 46.2. The standard InChI is InChI=1S/C31H31N5O2.C29H27N5O2/c1-3-38-31(37)25-13-15-35(16-14-25)20-22-9-11-24(12-10-22)29-27(23-7-5-4-6-8-23)18-26-19-32-28-17-21(2)34-36(28)30(26)33-29;1-19-15-26-30-17-24-16-25(21-5-3-2-4-6-21)27(31-28(24)34(26)32-19)22-9-7-20(8-10-22)18-33-13-11-23(12-14-33)29(35)36/h4-12,17-19,25H,3,13-16,20H2,1-2H3;2-10,15-17,23H,11-14,18H2,1H3,(H,35,36). The predicted octanol–water partition coefficient (Wildman–Crippen LogP) is 10.9. The molecule has 14 nitrogen and oxygen atoms in total. The highest BCUT2D eigenvalue weighted by Crippen LogP contribution is 2.36. The fraction of sp³-hybridized carbons (Fsp3) is 0.267. The number of rotatable bonds is 11. The minimum atomic E-state index is -0.672. The molecule has 0 aliphatic carbocycles. The van der Waals surface area contributed by atoms with E-state index in [4.69, 9.17) is 14.7 Å². The maximum Gasteiger partial charge on any atom is 0.309 e. The van der Waals surface area contributed by atoms with E-state index in [1.165, 1.54) is 11.1 Å². The normalized spacial score (nSPS) is 14.9. The van der Waals surface area contributed by atoms with Crippen LogP contribution < -0.4 is 0 Å². The molecule has 372 valence electrons. The highest BCUT2D eigenvalue weighted by atomic mass is 16.5. The van der Waals surface area contributed by atoms with Crippen LogP contribution in [0.2, 0.25) is 0 Å². The van der Waals surface area contributed by atoms with Gasteiger partial charge in [0, 0.05) is 70.6 Å². The number of carboxylic acids is 1. The van der Waals surface area contributed by atoms with Crippen molar-refractivity contribution in [3.05, 3.63) is 168 Å². The van der Waals surface area contributed by atoms with Crippen molar-refractivity contribution in [2.45, 2.75) is 59.5 Å². The number of fused-ring (bicyclic) bond motifs is 6. The van der Waals surface area contributed by atoms with E-state index in [1.807, 2.05) is 78.6 Å². The number of carboxylic acid groups (broad SMARTS) is 1. The quantitative estimate of drug-likeness (QED) is 0.123. The molecule has 2 aliphatic rings. The lowest BCUT2D eigenvalue weighted by Gasteiger charge is -2.30. The van der Waals surface area contributed by atoms with Crippen molar-refractivity contribution in [1.29, 1.82) is 0 Å². The number of benzene rings is 4. The lowest BCUT2D eigenvalue weighted by molar-refractivity contribution is -0.149. The molecule has 6 aromatic heterocycles. The lowest BCUT2D eigenvalue weighted by atomic mass is 9.96. The summed E-state index contributed by atoms with van der Waals surface area (Å²) in [5.41, 5.74) is 15.7. The predicted molar refractivity (Wildman–Crippen MR) is 288 cm³/mol. The molecule has 0 unspecified atom stereocenters. The number of esters is 1. The molecule has 4 aromatic carbocycles. The molecule has 1 N–H and O–H groups in total. The third-order valence-corrected chi connectivity index (χ3v) is 14.3. The Labute approximate surface area is 429 Å². The number of aliphatic carboxylic acids is 1. The van der Waals surface area contributed by atoms with Crippen molar-refractivity contribution >= 4 is 45.3 Å². The van der Waals surface area contributed by atoms with Gasteiger partial charge in [-0.1, -0.05) is 109 Å². The minimum Gasteiger partial charge on any atom is -0.481 e. The van der Waals surface area contributed by atoms with E-state index in [0.29, 0.717) is 19.4 Å². The zero-order valence-electron chi connectivity index (χ0n) is 41.9.